The number of carbonyl (C=O) groups excluding carboxylic acids is 1. The fourth-order valence-electron chi connectivity index (χ4n) is 3.92. The van der Waals surface area contributed by atoms with Crippen LogP contribution in [0.5, 0.6) is 11.5 Å². The monoisotopic (exact) mass is 436 g/mol. The number of amides is 1. The van der Waals surface area contributed by atoms with Crippen LogP contribution < -0.4 is 19.7 Å². The highest BCUT2D eigenvalue weighted by Gasteiger charge is 2.26. The average molecular weight is 437 g/mol. The summed E-state index contributed by atoms with van der Waals surface area (Å²) in [6, 6.07) is 11.5. The molecule has 0 bridgehead atoms. The lowest BCUT2D eigenvalue weighted by Crippen LogP contribution is -2.43. The van der Waals surface area contributed by atoms with Gasteiger partial charge in [-0.1, -0.05) is 6.07 Å². The molecule has 1 aliphatic rings. The number of carbonyl (C=O) groups is 1. The van der Waals surface area contributed by atoms with E-state index in [1.807, 2.05) is 42.6 Å². The van der Waals surface area contributed by atoms with E-state index in [4.69, 9.17) is 9.47 Å². The molecule has 9 nitrogen and oxygen atoms in total. The van der Waals surface area contributed by atoms with Gasteiger partial charge in [-0.2, -0.15) is 5.10 Å². The first-order chi connectivity index (χ1) is 15.7. The molecular weight excluding hydrogens is 408 g/mol. The highest BCUT2D eigenvalue weighted by atomic mass is 16.5. The van der Waals surface area contributed by atoms with Gasteiger partial charge in [-0.15, -0.1) is 10.2 Å². The zero-order valence-electron chi connectivity index (χ0n) is 18.4. The van der Waals surface area contributed by atoms with E-state index in [0.717, 1.165) is 37.2 Å². The van der Waals surface area contributed by atoms with E-state index in [9.17, 15) is 4.79 Å². The minimum absolute atomic E-state index is 0.0678. The molecule has 32 heavy (non-hydrogen) atoms. The van der Waals surface area contributed by atoms with Gasteiger partial charge in [0, 0.05) is 32.0 Å². The van der Waals surface area contributed by atoms with Crippen LogP contribution in [0.25, 0.3) is 5.82 Å². The van der Waals surface area contributed by atoms with Crippen LogP contribution in [0.3, 0.4) is 0 Å². The maximum absolute atomic E-state index is 12.8. The Hall–Kier alpha value is -3.62. The molecule has 1 aliphatic heterocycles. The first kappa shape index (κ1) is 21.6. The van der Waals surface area contributed by atoms with Crippen molar-refractivity contribution in [2.24, 2.45) is 5.92 Å². The molecule has 1 aromatic carbocycles. The van der Waals surface area contributed by atoms with Crippen LogP contribution in [-0.2, 0) is 11.2 Å². The van der Waals surface area contributed by atoms with Crippen LogP contribution in [0.1, 0.15) is 18.4 Å². The van der Waals surface area contributed by atoms with Gasteiger partial charge < -0.3 is 19.7 Å². The van der Waals surface area contributed by atoms with E-state index >= 15 is 0 Å². The van der Waals surface area contributed by atoms with Gasteiger partial charge >= 0.3 is 0 Å². The van der Waals surface area contributed by atoms with Crippen molar-refractivity contribution in [3.63, 3.8) is 0 Å². The van der Waals surface area contributed by atoms with Crippen molar-refractivity contribution in [1.29, 1.82) is 0 Å². The van der Waals surface area contributed by atoms with Gasteiger partial charge in [0.2, 0.25) is 5.91 Å². The van der Waals surface area contributed by atoms with Crippen molar-refractivity contribution in [2.45, 2.75) is 19.3 Å². The van der Waals surface area contributed by atoms with Crippen LogP contribution >= 0.6 is 0 Å². The largest absolute Gasteiger partial charge is 0.493 e. The van der Waals surface area contributed by atoms with E-state index in [1.165, 1.54) is 0 Å². The summed E-state index contributed by atoms with van der Waals surface area (Å²) in [5, 5.41) is 15.9. The second-order valence-corrected chi connectivity index (χ2v) is 7.72. The van der Waals surface area contributed by atoms with Gasteiger partial charge in [-0.3, -0.25) is 4.79 Å². The molecule has 0 saturated carbocycles. The number of nitrogens with zero attached hydrogens (tertiary/aromatic N) is 5. The number of hydrogen-bond acceptors (Lipinski definition) is 7. The number of ether oxygens (including phenoxy) is 2. The Morgan fingerprint density at radius 3 is 2.66 bits per heavy atom. The first-order valence-corrected chi connectivity index (χ1v) is 10.7. The summed E-state index contributed by atoms with van der Waals surface area (Å²) >= 11 is 0. The molecule has 168 valence electrons. The summed E-state index contributed by atoms with van der Waals surface area (Å²) in [7, 11) is 3.23. The van der Waals surface area contributed by atoms with Crippen molar-refractivity contribution in [1.82, 2.24) is 25.3 Å². The summed E-state index contributed by atoms with van der Waals surface area (Å²) in [6.45, 7) is 2.08. The summed E-state index contributed by atoms with van der Waals surface area (Å²) in [4.78, 5) is 14.9. The highest BCUT2D eigenvalue weighted by Crippen LogP contribution is 2.27. The van der Waals surface area contributed by atoms with E-state index in [0.29, 0.717) is 30.4 Å². The standard InChI is InChI=1S/C23H28N6O3/c1-31-19-7-6-17(15-20(19)32-2)10-12-24-23(30)18-5-3-13-28(16-18)21-8-9-22(27-26-21)29-14-4-11-25-29/h4,6-9,11,14-15,18H,3,5,10,12-13,16H2,1-2H3,(H,24,30). The van der Waals surface area contributed by atoms with Crippen LogP contribution in [0.4, 0.5) is 5.82 Å². The molecule has 9 heteroatoms. The summed E-state index contributed by atoms with van der Waals surface area (Å²) < 4.78 is 12.3. The molecule has 1 saturated heterocycles. The van der Waals surface area contributed by atoms with Crippen molar-refractivity contribution < 1.29 is 14.3 Å². The van der Waals surface area contributed by atoms with E-state index < -0.39 is 0 Å². The number of methoxy groups -OCH3 is 2. The minimum Gasteiger partial charge on any atom is -0.493 e. The van der Waals surface area contributed by atoms with Gasteiger partial charge in [0.05, 0.1) is 20.1 Å². The fraction of sp³-hybridized carbons (Fsp3) is 0.391. The van der Waals surface area contributed by atoms with E-state index in [-0.39, 0.29) is 11.8 Å². The lowest BCUT2D eigenvalue weighted by Gasteiger charge is -2.32. The molecule has 3 aromatic rings. The molecule has 1 unspecified atom stereocenters. The van der Waals surface area contributed by atoms with Crippen LogP contribution in [0.2, 0.25) is 0 Å². The van der Waals surface area contributed by atoms with Crippen molar-refractivity contribution >= 4 is 11.7 Å². The predicted octanol–water partition coefficient (Wildman–Crippen LogP) is 2.25. The topological polar surface area (TPSA) is 94.4 Å². The lowest BCUT2D eigenvalue weighted by molar-refractivity contribution is -0.125. The number of nitrogens with one attached hydrogen (secondary N) is 1. The van der Waals surface area contributed by atoms with Crippen LogP contribution in [0.15, 0.2) is 48.8 Å². The van der Waals surface area contributed by atoms with Crippen LogP contribution in [0, 0.1) is 5.92 Å². The second kappa shape index (κ2) is 10.1. The third kappa shape index (κ3) is 4.99. The molecule has 1 amide bonds. The number of aromatic nitrogens is 4. The maximum atomic E-state index is 12.8. The van der Waals surface area contributed by atoms with Gasteiger partial charge in [-0.25, -0.2) is 4.68 Å². The quantitative estimate of drug-likeness (QED) is 0.579. The Balaban J connectivity index is 1.30. The van der Waals surface area contributed by atoms with Gasteiger partial charge in [0.25, 0.3) is 0 Å². The Morgan fingerprint density at radius 2 is 1.94 bits per heavy atom. The molecule has 1 N–H and O–H groups in total. The predicted molar refractivity (Wildman–Crippen MR) is 120 cm³/mol. The molecule has 0 radical (unpaired) electrons. The lowest BCUT2D eigenvalue weighted by atomic mass is 9.97. The molecule has 0 aliphatic carbocycles. The van der Waals surface area contributed by atoms with Crippen LogP contribution in [-0.4, -0.2) is 59.7 Å². The third-order valence-corrected chi connectivity index (χ3v) is 5.65. The number of piperidine rings is 1. The highest BCUT2D eigenvalue weighted by molar-refractivity contribution is 5.79. The number of hydrogen-bond donors (Lipinski definition) is 1. The number of rotatable bonds is 8. The Labute approximate surface area is 187 Å². The summed E-state index contributed by atoms with van der Waals surface area (Å²) in [5.41, 5.74) is 1.08. The Bertz CT molecular complexity index is 1020. The second-order valence-electron chi connectivity index (χ2n) is 7.72. The molecular formula is C23H28N6O3. The average Bonchev–Trinajstić information content (AvgIpc) is 3.39. The molecule has 4 rings (SSSR count). The summed E-state index contributed by atoms with van der Waals surface area (Å²) in [6.07, 6.45) is 6.07. The normalized spacial score (nSPS) is 15.9. The SMILES string of the molecule is COc1ccc(CCNC(=O)C2CCCN(c3ccc(-n4cccn4)nn3)C2)cc1OC. The minimum atomic E-state index is -0.0678. The molecule has 1 atom stereocenters. The van der Waals surface area contributed by atoms with Gasteiger partial charge in [-0.05, 0) is 55.2 Å². The van der Waals surface area contributed by atoms with Crippen molar-refractivity contribution in [2.75, 3.05) is 38.8 Å². The van der Waals surface area contributed by atoms with E-state index in [2.05, 4.69) is 25.5 Å². The van der Waals surface area contributed by atoms with Crippen molar-refractivity contribution in [3.8, 4) is 17.3 Å². The number of anilines is 1. The van der Waals surface area contributed by atoms with Gasteiger partial charge in [0.15, 0.2) is 23.1 Å². The summed E-state index contributed by atoms with van der Waals surface area (Å²) in [5.74, 6) is 2.85. The fourth-order valence-corrected chi connectivity index (χ4v) is 3.92. The Morgan fingerprint density at radius 1 is 1.12 bits per heavy atom. The Kier molecular flexibility index (Phi) is 6.84. The van der Waals surface area contributed by atoms with Gasteiger partial charge in [0.1, 0.15) is 0 Å². The smallest absolute Gasteiger partial charge is 0.224 e. The number of benzene rings is 1. The van der Waals surface area contributed by atoms with Crippen molar-refractivity contribution in [3.05, 3.63) is 54.4 Å². The zero-order chi connectivity index (χ0) is 22.3. The maximum Gasteiger partial charge on any atom is 0.224 e. The van der Waals surface area contributed by atoms with E-state index in [1.54, 1.807) is 25.1 Å². The molecule has 2 aromatic heterocycles. The zero-order valence-corrected chi connectivity index (χ0v) is 18.4. The third-order valence-electron chi connectivity index (χ3n) is 5.65. The molecule has 3 heterocycles. The first-order valence-electron chi connectivity index (χ1n) is 10.7. The molecule has 1 fully saturated rings. The molecule has 0 spiro atoms.